The van der Waals surface area contributed by atoms with Gasteiger partial charge >= 0.3 is 0 Å². The maximum atomic E-state index is 12.8. The topological polar surface area (TPSA) is 46.1 Å². The first-order chi connectivity index (χ1) is 11.6. The Labute approximate surface area is 151 Å². The second kappa shape index (κ2) is 6.64. The van der Waals surface area contributed by atoms with Gasteiger partial charge in [-0.15, -0.1) is 11.3 Å². The smallest absolute Gasteiger partial charge is 0.233 e. The van der Waals surface area contributed by atoms with Crippen molar-refractivity contribution in [3.63, 3.8) is 0 Å². The number of nitrogens with zero attached hydrogens (tertiary/aromatic N) is 3. The zero-order valence-electron chi connectivity index (χ0n) is 14.2. The minimum absolute atomic E-state index is 0.248. The van der Waals surface area contributed by atoms with Gasteiger partial charge < -0.3 is 4.90 Å². The van der Waals surface area contributed by atoms with Crippen LogP contribution >= 0.6 is 23.1 Å². The number of piperidine rings is 1. The van der Waals surface area contributed by atoms with E-state index in [1.165, 1.54) is 35.1 Å². The third-order valence-electron chi connectivity index (χ3n) is 5.28. The van der Waals surface area contributed by atoms with Crippen molar-refractivity contribution in [2.24, 2.45) is 0 Å². The third kappa shape index (κ3) is 2.84. The number of hydrogen-bond acceptors (Lipinski definition) is 5. The fourth-order valence-corrected chi connectivity index (χ4v) is 6.32. The van der Waals surface area contributed by atoms with Crippen molar-refractivity contribution in [1.29, 1.82) is 0 Å². The monoisotopic (exact) mass is 361 g/mol. The van der Waals surface area contributed by atoms with Crippen LogP contribution in [0.3, 0.4) is 0 Å². The SMILES string of the molecule is C[C@@H]1CCC[C@H](C)N1C(=O)CSc1ncnc2sc3c(c12)CCC3. The highest BCUT2D eigenvalue weighted by molar-refractivity contribution is 8.00. The van der Waals surface area contributed by atoms with Crippen LogP contribution in [0.15, 0.2) is 11.4 Å². The summed E-state index contributed by atoms with van der Waals surface area (Å²) < 4.78 is 0. The van der Waals surface area contributed by atoms with Crippen LogP contribution in [0.25, 0.3) is 10.2 Å². The van der Waals surface area contributed by atoms with Gasteiger partial charge in [0.25, 0.3) is 0 Å². The van der Waals surface area contributed by atoms with Crippen molar-refractivity contribution in [2.75, 3.05) is 5.75 Å². The molecule has 0 N–H and O–H groups in total. The van der Waals surface area contributed by atoms with E-state index in [2.05, 4.69) is 28.7 Å². The van der Waals surface area contributed by atoms with Gasteiger partial charge in [0.05, 0.1) is 5.75 Å². The molecule has 0 spiro atoms. The Kier molecular flexibility index (Phi) is 4.52. The van der Waals surface area contributed by atoms with Gasteiger partial charge in [-0.1, -0.05) is 11.8 Å². The molecule has 0 unspecified atom stereocenters. The second-order valence-electron chi connectivity index (χ2n) is 6.93. The molecular formula is C18H23N3OS2. The van der Waals surface area contributed by atoms with Crippen molar-refractivity contribution < 1.29 is 4.79 Å². The molecule has 2 atom stereocenters. The summed E-state index contributed by atoms with van der Waals surface area (Å²) in [5.74, 6) is 0.726. The molecule has 1 saturated heterocycles. The summed E-state index contributed by atoms with van der Waals surface area (Å²) in [6, 6.07) is 0.718. The number of carbonyl (C=O) groups is 1. The number of aryl methyl sites for hydroxylation is 2. The van der Waals surface area contributed by atoms with Crippen LogP contribution in [0, 0.1) is 0 Å². The van der Waals surface area contributed by atoms with E-state index in [4.69, 9.17) is 0 Å². The average molecular weight is 362 g/mol. The molecule has 1 aliphatic carbocycles. The van der Waals surface area contributed by atoms with Crippen molar-refractivity contribution in [3.8, 4) is 0 Å². The van der Waals surface area contributed by atoms with Crippen molar-refractivity contribution >= 4 is 39.2 Å². The maximum absolute atomic E-state index is 12.8. The van der Waals surface area contributed by atoms with Gasteiger partial charge in [0, 0.05) is 22.3 Å². The van der Waals surface area contributed by atoms with Crippen molar-refractivity contribution in [3.05, 3.63) is 16.8 Å². The van der Waals surface area contributed by atoms with E-state index >= 15 is 0 Å². The van der Waals surface area contributed by atoms with Crippen LogP contribution in [0.1, 0.15) is 50.0 Å². The van der Waals surface area contributed by atoms with Gasteiger partial charge in [0.15, 0.2) is 0 Å². The number of aromatic nitrogens is 2. The molecule has 0 aromatic carbocycles. The molecular weight excluding hydrogens is 338 g/mol. The second-order valence-corrected chi connectivity index (χ2v) is 8.98. The van der Waals surface area contributed by atoms with Gasteiger partial charge in [-0.05, 0) is 57.9 Å². The minimum atomic E-state index is 0.248. The van der Waals surface area contributed by atoms with Gasteiger partial charge in [0.2, 0.25) is 5.91 Å². The summed E-state index contributed by atoms with van der Waals surface area (Å²) in [6.07, 6.45) is 8.65. The predicted molar refractivity (Wildman–Crippen MR) is 99.8 cm³/mol. The molecule has 2 aromatic rings. The lowest BCUT2D eigenvalue weighted by Gasteiger charge is -2.39. The standard InChI is InChI=1S/C18H23N3OS2/c1-11-5-3-6-12(2)21(11)15(22)9-23-17-16-13-7-4-8-14(13)24-18(16)20-10-19-17/h10-12H,3-9H2,1-2H3/t11-,12+. The minimum Gasteiger partial charge on any atom is -0.337 e. The van der Waals surface area contributed by atoms with E-state index in [0.29, 0.717) is 17.8 Å². The van der Waals surface area contributed by atoms with E-state index in [0.717, 1.165) is 29.1 Å². The van der Waals surface area contributed by atoms with E-state index in [1.54, 1.807) is 29.4 Å². The molecule has 1 fully saturated rings. The van der Waals surface area contributed by atoms with Gasteiger partial charge in [-0.25, -0.2) is 9.97 Å². The molecule has 2 aromatic heterocycles. The van der Waals surface area contributed by atoms with Crippen LogP contribution in [0.5, 0.6) is 0 Å². The zero-order valence-corrected chi connectivity index (χ0v) is 15.9. The van der Waals surface area contributed by atoms with Crippen molar-refractivity contribution in [2.45, 2.75) is 69.5 Å². The maximum Gasteiger partial charge on any atom is 0.233 e. The summed E-state index contributed by atoms with van der Waals surface area (Å²) in [6.45, 7) is 4.35. The van der Waals surface area contributed by atoms with Crippen LogP contribution in [-0.2, 0) is 17.6 Å². The van der Waals surface area contributed by atoms with Gasteiger partial charge in [0.1, 0.15) is 16.2 Å². The number of amides is 1. The molecule has 3 heterocycles. The Balaban J connectivity index is 1.54. The summed E-state index contributed by atoms with van der Waals surface area (Å²) in [5.41, 5.74) is 1.44. The largest absolute Gasteiger partial charge is 0.337 e. The lowest BCUT2D eigenvalue weighted by molar-refractivity contribution is -0.134. The molecule has 0 radical (unpaired) electrons. The van der Waals surface area contributed by atoms with E-state index in [-0.39, 0.29) is 5.91 Å². The highest BCUT2D eigenvalue weighted by atomic mass is 32.2. The number of fused-ring (bicyclic) bond motifs is 3. The lowest BCUT2D eigenvalue weighted by Crippen LogP contribution is -2.48. The summed E-state index contributed by atoms with van der Waals surface area (Å²) in [5, 5.41) is 2.21. The third-order valence-corrected chi connectivity index (χ3v) is 7.45. The molecule has 0 bridgehead atoms. The Bertz CT molecular complexity index is 763. The normalized spacial score (nSPS) is 23.7. The zero-order chi connectivity index (χ0) is 16.7. The van der Waals surface area contributed by atoms with Crippen LogP contribution in [0.4, 0.5) is 0 Å². The number of rotatable bonds is 3. The number of thiophene rings is 1. The molecule has 0 saturated carbocycles. The van der Waals surface area contributed by atoms with Gasteiger partial charge in [-0.3, -0.25) is 4.79 Å². The first-order valence-electron chi connectivity index (χ1n) is 8.84. The molecule has 4 nitrogen and oxygen atoms in total. The Morgan fingerprint density at radius 1 is 1.25 bits per heavy atom. The van der Waals surface area contributed by atoms with Crippen molar-refractivity contribution in [1.82, 2.24) is 14.9 Å². The Morgan fingerprint density at radius 2 is 2.04 bits per heavy atom. The van der Waals surface area contributed by atoms with Crippen LogP contribution < -0.4 is 0 Å². The first-order valence-corrected chi connectivity index (χ1v) is 10.6. The number of hydrogen-bond donors (Lipinski definition) is 0. The summed E-state index contributed by atoms with van der Waals surface area (Å²) >= 11 is 3.39. The molecule has 2 aliphatic rings. The average Bonchev–Trinajstić information content (AvgIpc) is 3.13. The van der Waals surface area contributed by atoms with E-state index < -0.39 is 0 Å². The highest BCUT2D eigenvalue weighted by Crippen LogP contribution is 2.40. The quantitative estimate of drug-likeness (QED) is 0.611. The van der Waals surface area contributed by atoms with E-state index in [9.17, 15) is 4.79 Å². The van der Waals surface area contributed by atoms with Crippen LogP contribution in [0.2, 0.25) is 0 Å². The molecule has 1 amide bonds. The highest BCUT2D eigenvalue weighted by Gasteiger charge is 2.29. The molecule has 24 heavy (non-hydrogen) atoms. The molecule has 128 valence electrons. The molecule has 6 heteroatoms. The van der Waals surface area contributed by atoms with Gasteiger partial charge in [-0.2, -0.15) is 0 Å². The molecule has 1 aliphatic heterocycles. The fourth-order valence-electron chi connectivity index (χ4n) is 4.13. The number of likely N-dealkylation sites (tertiary alicyclic amines) is 1. The predicted octanol–water partition coefficient (Wildman–Crippen LogP) is 4.06. The number of thioether (sulfide) groups is 1. The van der Waals surface area contributed by atoms with E-state index in [1.807, 2.05) is 0 Å². The summed E-state index contributed by atoms with van der Waals surface area (Å²) in [7, 11) is 0. The summed E-state index contributed by atoms with van der Waals surface area (Å²) in [4.78, 5) is 26.4. The lowest BCUT2D eigenvalue weighted by atomic mass is 9.98. The first kappa shape index (κ1) is 16.3. The fraction of sp³-hybridized carbons (Fsp3) is 0.611. The number of carbonyl (C=O) groups excluding carboxylic acids is 1. The Hall–Kier alpha value is -1.14. The molecule has 4 rings (SSSR count). The van der Waals surface area contributed by atoms with Crippen LogP contribution in [-0.4, -0.2) is 38.6 Å². The Morgan fingerprint density at radius 3 is 2.83 bits per heavy atom.